The van der Waals surface area contributed by atoms with Gasteiger partial charge in [0.25, 0.3) is 5.91 Å². The Balaban J connectivity index is 2.07. The Bertz CT molecular complexity index is 1060. The molecule has 1 aliphatic rings. The van der Waals surface area contributed by atoms with Gasteiger partial charge in [-0.05, 0) is 50.0 Å². The number of carbonyl (C=O) groups excluding carboxylic acids is 3. The molecule has 2 aromatic rings. The molecule has 10 heteroatoms. The van der Waals surface area contributed by atoms with Gasteiger partial charge in [0.05, 0.1) is 25.2 Å². The van der Waals surface area contributed by atoms with Gasteiger partial charge in [-0.3, -0.25) is 9.59 Å². The smallest absolute Gasteiger partial charge is 0.343 e. The number of benzene rings is 2. The number of anilines is 1. The number of thioether (sulfide) groups is 1. The zero-order chi connectivity index (χ0) is 25.5. The topological polar surface area (TPSA) is 94.6 Å². The van der Waals surface area contributed by atoms with Crippen molar-refractivity contribution in [3.8, 4) is 11.5 Å². The third-order valence-corrected chi connectivity index (χ3v) is 6.71. The minimum atomic E-state index is -1.04. The Hall–Kier alpha value is -3.24. The third kappa shape index (κ3) is 6.67. The summed E-state index contributed by atoms with van der Waals surface area (Å²) in [6, 6.07) is 12.6. The summed E-state index contributed by atoms with van der Waals surface area (Å²) in [4.78, 5) is 41.7. The molecule has 0 saturated carbocycles. The van der Waals surface area contributed by atoms with Crippen LogP contribution in [0.15, 0.2) is 47.4 Å². The summed E-state index contributed by atoms with van der Waals surface area (Å²) in [6.45, 7) is 2.07. The molecule has 3 rings (SSSR count). The van der Waals surface area contributed by atoms with Crippen molar-refractivity contribution in [2.24, 2.45) is 0 Å². The third-order valence-electron chi connectivity index (χ3n) is 5.35. The molecular weight excluding hydrogens is 472 g/mol. The summed E-state index contributed by atoms with van der Waals surface area (Å²) >= 11 is 1.40. The molecule has 1 heterocycles. The Morgan fingerprint density at radius 3 is 2.34 bits per heavy atom. The van der Waals surface area contributed by atoms with Crippen LogP contribution in [0, 0.1) is 0 Å². The summed E-state index contributed by atoms with van der Waals surface area (Å²) in [5.74, 6) is -0.211. The van der Waals surface area contributed by atoms with Crippen molar-refractivity contribution in [1.29, 1.82) is 0 Å². The summed E-state index contributed by atoms with van der Waals surface area (Å²) < 4.78 is 21.1. The largest absolute Gasteiger partial charge is 0.497 e. The van der Waals surface area contributed by atoms with Gasteiger partial charge in [0.2, 0.25) is 0 Å². The van der Waals surface area contributed by atoms with Gasteiger partial charge in [0.1, 0.15) is 11.5 Å². The Kier molecular flexibility index (Phi) is 9.00. The summed E-state index contributed by atoms with van der Waals surface area (Å²) in [5, 5.41) is -0.517. The first-order valence-corrected chi connectivity index (χ1v) is 11.9. The highest BCUT2D eigenvalue weighted by Gasteiger charge is 2.41. The van der Waals surface area contributed by atoms with Crippen molar-refractivity contribution < 1.29 is 33.3 Å². The maximum atomic E-state index is 13.8. The van der Waals surface area contributed by atoms with E-state index in [0.717, 1.165) is 10.5 Å². The second kappa shape index (κ2) is 11.9. The molecule has 2 unspecified atom stereocenters. The van der Waals surface area contributed by atoms with Crippen LogP contribution in [0.25, 0.3) is 0 Å². The van der Waals surface area contributed by atoms with E-state index in [1.807, 2.05) is 31.1 Å². The number of fused-ring (bicyclic) bond motifs is 1. The number of carbonyl (C=O) groups is 3. The zero-order valence-corrected chi connectivity index (χ0v) is 21.3. The van der Waals surface area contributed by atoms with Gasteiger partial charge in [-0.1, -0.05) is 12.1 Å². The average Bonchev–Trinajstić information content (AvgIpc) is 2.95. The molecule has 0 aliphatic carbocycles. The van der Waals surface area contributed by atoms with Crippen molar-refractivity contribution >= 4 is 35.3 Å². The number of amides is 1. The highest BCUT2D eigenvalue weighted by Crippen LogP contribution is 2.48. The van der Waals surface area contributed by atoms with Gasteiger partial charge in [0, 0.05) is 24.9 Å². The van der Waals surface area contributed by atoms with E-state index in [0.29, 0.717) is 30.3 Å². The van der Waals surface area contributed by atoms with E-state index in [4.69, 9.17) is 14.2 Å². The van der Waals surface area contributed by atoms with Crippen LogP contribution >= 0.6 is 11.8 Å². The van der Waals surface area contributed by atoms with E-state index < -0.39 is 23.3 Å². The monoisotopic (exact) mass is 502 g/mol. The van der Waals surface area contributed by atoms with Gasteiger partial charge >= 0.3 is 11.9 Å². The molecular formula is C25H30N2O7S. The van der Waals surface area contributed by atoms with E-state index in [-0.39, 0.29) is 12.5 Å². The molecule has 0 bridgehead atoms. The molecule has 35 heavy (non-hydrogen) atoms. The SMILES string of the molecule is COC(=O)COc1ccc2c(c1)SC(c1ccc(OC)cc1)C(OC(C)=O)C(=O)N2CCN(C)C. The van der Waals surface area contributed by atoms with E-state index in [2.05, 4.69) is 4.74 Å². The van der Waals surface area contributed by atoms with E-state index >= 15 is 0 Å². The highest BCUT2D eigenvalue weighted by molar-refractivity contribution is 7.99. The van der Waals surface area contributed by atoms with Gasteiger partial charge in [-0.2, -0.15) is 0 Å². The lowest BCUT2D eigenvalue weighted by atomic mass is 10.1. The first kappa shape index (κ1) is 26.4. The fraction of sp³-hybridized carbons (Fsp3) is 0.400. The van der Waals surface area contributed by atoms with Gasteiger partial charge in [0.15, 0.2) is 12.7 Å². The normalized spacial score (nSPS) is 17.4. The van der Waals surface area contributed by atoms with Crippen LogP contribution in [0.2, 0.25) is 0 Å². The Labute approximate surface area is 209 Å². The predicted molar refractivity (Wildman–Crippen MR) is 132 cm³/mol. The van der Waals surface area contributed by atoms with Crippen LogP contribution in [0.5, 0.6) is 11.5 Å². The quantitative estimate of drug-likeness (QED) is 0.480. The first-order chi connectivity index (χ1) is 16.7. The molecule has 0 aromatic heterocycles. The van der Waals surface area contributed by atoms with Crippen molar-refractivity contribution in [3.05, 3.63) is 48.0 Å². The number of hydrogen-bond donors (Lipinski definition) is 0. The molecule has 1 amide bonds. The second-order valence-electron chi connectivity index (χ2n) is 8.13. The lowest BCUT2D eigenvalue weighted by Gasteiger charge is -2.28. The summed E-state index contributed by atoms with van der Waals surface area (Å²) in [7, 11) is 6.72. The van der Waals surface area contributed by atoms with Crippen molar-refractivity contribution in [1.82, 2.24) is 4.90 Å². The van der Waals surface area contributed by atoms with Crippen molar-refractivity contribution in [2.45, 2.75) is 23.2 Å². The number of methoxy groups -OCH3 is 2. The molecule has 188 valence electrons. The molecule has 0 fully saturated rings. The van der Waals surface area contributed by atoms with Crippen LogP contribution in [0.3, 0.4) is 0 Å². The first-order valence-electron chi connectivity index (χ1n) is 11.0. The number of likely N-dealkylation sites (N-methyl/N-ethyl adjacent to an activating group) is 1. The molecule has 2 atom stereocenters. The lowest BCUT2D eigenvalue weighted by Crippen LogP contribution is -2.45. The Morgan fingerprint density at radius 2 is 1.74 bits per heavy atom. The van der Waals surface area contributed by atoms with Gasteiger partial charge < -0.3 is 28.7 Å². The van der Waals surface area contributed by atoms with E-state index in [9.17, 15) is 14.4 Å². The van der Waals surface area contributed by atoms with E-state index in [1.165, 1.54) is 25.8 Å². The minimum Gasteiger partial charge on any atom is -0.497 e. The Morgan fingerprint density at radius 1 is 1.06 bits per heavy atom. The fourth-order valence-corrected chi connectivity index (χ4v) is 4.91. The standard InChI is InChI=1S/C25H30N2O7S/c1-16(28)34-23-24(17-6-8-18(31-4)9-7-17)35-21-14-19(33-15-22(29)32-5)10-11-20(21)27(25(23)30)13-12-26(2)3/h6-11,14,23-24H,12-13,15H2,1-5H3. The second-order valence-corrected chi connectivity index (χ2v) is 9.31. The van der Waals surface area contributed by atoms with Crippen LogP contribution in [-0.2, 0) is 23.9 Å². The maximum Gasteiger partial charge on any atom is 0.343 e. The summed E-state index contributed by atoms with van der Waals surface area (Å²) in [6.07, 6.45) is -1.04. The molecule has 9 nitrogen and oxygen atoms in total. The maximum absolute atomic E-state index is 13.8. The van der Waals surface area contributed by atoms with Crippen molar-refractivity contribution in [3.63, 3.8) is 0 Å². The highest BCUT2D eigenvalue weighted by atomic mass is 32.2. The number of ether oxygens (including phenoxy) is 4. The molecule has 2 aromatic carbocycles. The van der Waals surface area contributed by atoms with Gasteiger partial charge in [-0.15, -0.1) is 11.8 Å². The van der Waals surface area contributed by atoms with Crippen LogP contribution in [0.1, 0.15) is 17.7 Å². The van der Waals surface area contributed by atoms with E-state index in [1.54, 1.807) is 42.3 Å². The van der Waals surface area contributed by atoms with Crippen LogP contribution in [-0.4, -0.2) is 76.9 Å². The fourth-order valence-electron chi connectivity index (χ4n) is 3.56. The van der Waals surface area contributed by atoms with Gasteiger partial charge in [-0.25, -0.2) is 4.79 Å². The number of nitrogens with zero attached hydrogens (tertiary/aromatic N) is 2. The molecule has 0 radical (unpaired) electrons. The molecule has 0 N–H and O–H groups in total. The predicted octanol–water partition coefficient (Wildman–Crippen LogP) is 2.92. The van der Waals surface area contributed by atoms with Crippen molar-refractivity contribution in [2.75, 3.05) is 52.9 Å². The van der Waals surface area contributed by atoms with Crippen LogP contribution in [0.4, 0.5) is 5.69 Å². The zero-order valence-electron chi connectivity index (χ0n) is 20.5. The number of rotatable bonds is 9. The van der Waals surface area contributed by atoms with Crippen LogP contribution < -0.4 is 14.4 Å². The molecule has 0 spiro atoms. The number of esters is 2. The molecule has 0 saturated heterocycles. The summed E-state index contributed by atoms with van der Waals surface area (Å²) in [5.41, 5.74) is 1.48. The molecule has 1 aliphatic heterocycles. The number of hydrogen-bond acceptors (Lipinski definition) is 9. The lowest BCUT2D eigenvalue weighted by molar-refractivity contribution is -0.152. The minimum absolute atomic E-state index is 0.235. The average molecular weight is 503 g/mol.